The molecule has 2 nitrogen and oxygen atoms in total. The molecule has 0 radical (unpaired) electrons. The highest BCUT2D eigenvalue weighted by atomic mass is 35.5. The van der Waals surface area contributed by atoms with Crippen LogP contribution in [0.5, 0.6) is 11.5 Å². The summed E-state index contributed by atoms with van der Waals surface area (Å²) < 4.78 is 5.71. The third-order valence-corrected chi connectivity index (χ3v) is 2.66. The smallest absolute Gasteiger partial charge is 0.149 e. The van der Waals surface area contributed by atoms with Crippen LogP contribution in [-0.4, -0.2) is 4.98 Å². The molecule has 0 spiro atoms. The van der Waals surface area contributed by atoms with Crippen LogP contribution in [0.1, 0.15) is 11.3 Å². The summed E-state index contributed by atoms with van der Waals surface area (Å²) in [5.74, 6) is 1.72. The first-order chi connectivity index (χ1) is 7.33. The number of benzene rings is 1. The Bertz CT molecular complexity index is 525. The maximum atomic E-state index is 5.84. The van der Waals surface area contributed by atoms with Crippen LogP contribution in [0.4, 0.5) is 0 Å². The third kappa shape index (κ3) is 1.47. The number of nitrogens with zero attached hydrogens (tertiary/aromatic N) is 1. The van der Waals surface area contributed by atoms with Crippen molar-refractivity contribution in [1.82, 2.24) is 4.98 Å². The fourth-order valence-electron chi connectivity index (χ4n) is 1.73. The van der Waals surface area contributed by atoms with E-state index in [1.807, 2.05) is 30.3 Å². The molecule has 0 saturated heterocycles. The summed E-state index contributed by atoms with van der Waals surface area (Å²) in [7, 11) is 0. The fourth-order valence-corrected chi connectivity index (χ4v) is 1.89. The third-order valence-electron chi connectivity index (χ3n) is 2.45. The molecule has 1 aromatic heterocycles. The molecule has 1 aliphatic rings. The number of aromatic nitrogens is 1. The molecule has 3 rings (SSSR count). The minimum atomic E-state index is 0.511. The Balaban J connectivity index is 2.11. The second kappa shape index (κ2) is 3.24. The van der Waals surface area contributed by atoms with Crippen LogP contribution in [0.2, 0.25) is 5.15 Å². The quantitative estimate of drug-likeness (QED) is 0.539. The summed E-state index contributed by atoms with van der Waals surface area (Å²) in [6.45, 7) is 0. The van der Waals surface area contributed by atoms with Crippen molar-refractivity contribution in [3.05, 3.63) is 52.8 Å². The van der Waals surface area contributed by atoms with Crippen molar-refractivity contribution in [2.45, 2.75) is 6.42 Å². The van der Waals surface area contributed by atoms with Crippen LogP contribution in [0.15, 0.2) is 36.4 Å². The summed E-state index contributed by atoms with van der Waals surface area (Å²) >= 11 is 5.84. The Morgan fingerprint density at radius 2 is 1.93 bits per heavy atom. The van der Waals surface area contributed by atoms with Gasteiger partial charge in [-0.05, 0) is 18.2 Å². The average Bonchev–Trinajstić information content (AvgIpc) is 2.26. The lowest BCUT2D eigenvalue weighted by molar-refractivity contribution is 0.455. The maximum Gasteiger partial charge on any atom is 0.149 e. The van der Waals surface area contributed by atoms with Gasteiger partial charge < -0.3 is 4.74 Å². The molecule has 0 N–H and O–H groups in total. The van der Waals surface area contributed by atoms with Gasteiger partial charge in [-0.3, -0.25) is 0 Å². The van der Waals surface area contributed by atoms with Crippen molar-refractivity contribution in [3.63, 3.8) is 0 Å². The zero-order valence-electron chi connectivity index (χ0n) is 7.90. The van der Waals surface area contributed by atoms with Gasteiger partial charge in [-0.1, -0.05) is 29.8 Å². The molecule has 0 bridgehead atoms. The van der Waals surface area contributed by atoms with Gasteiger partial charge in [0.25, 0.3) is 0 Å². The van der Waals surface area contributed by atoms with E-state index in [-0.39, 0.29) is 0 Å². The first-order valence-electron chi connectivity index (χ1n) is 4.74. The Hall–Kier alpha value is -1.54. The number of halogens is 1. The van der Waals surface area contributed by atoms with E-state index in [0.29, 0.717) is 5.15 Å². The lowest BCUT2D eigenvalue weighted by Crippen LogP contribution is -2.04. The lowest BCUT2D eigenvalue weighted by Gasteiger charge is -2.18. The van der Waals surface area contributed by atoms with Crippen molar-refractivity contribution >= 4 is 11.6 Å². The van der Waals surface area contributed by atoms with Crippen molar-refractivity contribution in [1.29, 1.82) is 0 Å². The number of hydrogen-bond acceptors (Lipinski definition) is 2. The molecule has 0 saturated carbocycles. The molecule has 0 amide bonds. The highest BCUT2D eigenvalue weighted by Crippen LogP contribution is 2.35. The number of rotatable bonds is 0. The largest absolute Gasteiger partial charge is 0.455 e. The van der Waals surface area contributed by atoms with Crippen molar-refractivity contribution in [2.75, 3.05) is 0 Å². The molecule has 74 valence electrons. The molecule has 3 heteroatoms. The maximum absolute atomic E-state index is 5.84. The van der Waals surface area contributed by atoms with E-state index in [2.05, 4.69) is 4.98 Å². The van der Waals surface area contributed by atoms with Crippen LogP contribution in [-0.2, 0) is 6.42 Å². The molecule has 2 aromatic rings. The zero-order chi connectivity index (χ0) is 10.3. The molecule has 1 aromatic carbocycles. The highest BCUT2D eigenvalue weighted by molar-refractivity contribution is 6.29. The minimum absolute atomic E-state index is 0.511. The molecule has 1 aliphatic heterocycles. The number of pyridine rings is 1. The van der Waals surface area contributed by atoms with Crippen molar-refractivity contribution in [2.24, 2.45) is 0 Å². The van der Waals surface area contributed by atoms with Gasteiger partial charge in [0.05, 0.1) is 5.69 Å². The summed E-state index contributed by atoms with van der Waals surface area (Å²) in [4.78, 5) is 4.25. The van der Waals surface area contributed by atoms with Gasteiger partial charge in [-0.15, -0.1) is 0 Å². The Morgan fingerprint density at radius 1 is 1.07 bits per heavy atom. The van der Waals surface area contributed by atoms with Gasteiger partial charge in [0.1, 0.15) is 16.7 Å². The first kappa shape index (κ1) is 8.74. The van der Waals surface area contributed by atoms with Gasteiger partial charge in [0, 0.05) is 12.0 Å². The molecular formula is C12H8ClNO. The van der Waals surface area contributed by atoms with E-state index >= 15 is 0 Å². The number of para-hydroxylation sites is 1. The van der Waals surface area contributed by atoms with Crippen LogP contribution in [0, 0.1) is 0 Å². The predicted octanol–water partition coefficient (Wildman–Crippen LogP) is 3.43. The number of ether oxygens (including phenoxy) is 1. The summed E-state index contributed by atoms with van der Waals surface area (Å²) in [5.41, 5.74) is 2.06. The SMILES string of the molecule is Clc1ccc2c(n1)Cc1ccccc1O2. The molecule has 0 unspecified atom stereocenters. The number of hydrogen-bond donors (Lipinski definition) is 0. The van der Waals surface area contributed by atoms with E-state index in [1.165, 1.54) is 0 Å². The van der Waals surface area contributed by atoms with Gasteiger partial charge in [0.2, 0.25) is 0 Å². The van der Waals surface area contributed by atoms with Crippen molar-refractivity contribution < 1.29 is 4.74 Å². The van der Waals surface area contributed by atoms with Gasteiger partial charge >= 0.3 is 0 Å². The molecule has 0 atom stereocenters. The molecule has 0 fully saturated rings. The fraction of sp³-hybridized carbons (Fsp3) is 0.0833. The Labute approximate surface area is 92.5 Å². The predicted molar refractivity (Wildman–Crippen MR) is 58.6 cm³/mol. The molecule has 0 aliphatic carbocycles. The topological polar surface area (TPSA) is 22.1 Å². The monoisotopic (exact) mass is 217 g/mol. The van der Waals surface area contributed by atoms with Crippen LogP contribution >= 0.6 is 11.6 Å². The average molecular weight is 218 g/mol. The van der Waals surface area contributed by atoms with E-state index in [9.17, 15) is 0 Å². The van der Waals surface area contributed by atoms with E-state index < -0.39 is 0 Å². The van der Waals surface area contributed by atoms with Crippen LogP contribution in [0.25, 0.3) is 0 Å². The Morgan fingerprint density at radius 3 is 2.87 bits per heavy atom. The van der Waals surface area contributed by atoms with E-state index in [4.69, 9.17) is 16.3 Å². The molecule has 15 heavy (non-hydrogen) atoms. The second-order valence-corrected chi connectivity index (χ2v) is 3.85. The van der Waals surface area contributed by atoms with E-state index in [1.54, 1.807) is 6.07 Å². The van der Waals surface area contributed by atoms with Crippen LogP contribution in [0.3, 0.4) is 0 Å². The summed E-state index contributed by atoms with van der Waals surface area (Å²) in [6.07, 6.45) is 0.784. The minimum Gasteiger partial charge on any atom is -0.455 e. The molecule has 2 heterocycles. The number of fused-ring (bicyclic) bond motifs is 2. The lowest BCUT2D eigenvalue weighted by atomic mass is 10.1. The Kier molecular flexibility index (Phi) is 1.89. The highest BCUT2D eigenvalue weighted by Gasteiger charge is 2.17. The van der Waals surface area contributed by atoms with Crippen LogP contribution < -0.4 is 4.74 Å². The van der Waals surface area contributed by atoms with Gasteiger partial charge in [0.15, 0.2) is 0 Å². The van der Waals surface area contributed by atoms with Gasteiger partial charge in [-0.2, -0.15) is 0 Å². The normalized spacial score (nSPS) is 12.6. The van der Waals surface area contributed by atoms with E-state index in [0.717, 1.165) is 29.2 Å². The molecular weight excluding hydrogens is 210 g/mol. The van der Waals surface area contributed by atoms with Crippen molar-refractivity contribution in [3.8, 4) is 11.5 Å². The summed E-state index contributed by atoms with van der Waals surface area (Å²) in [5, 5.41) is 0.511. The van der Waals surface area contributed by atoms with Gasteiger partial charge in [-0.25, -0.2) is 4.98 Å². The summed E-state index contributed by atoms with van der Waals surface area (Å²) in [6, 6.07) is 11.6. The second-order valence-electron chi connectivity index (χ2n) is 3.47. The zero-order valence-corrected chi connectivity index (χ0v) is 8.66. The standard InChI is InChI=1S/C12H8ClNO/c13-12-6-5-11-9(14-12)7-8-3-1-2-4-10(8)15-11/h1-6H,7H2. The first-order valence-corrected chi connectivity index (χ1v) is 5.12.